The first-order valence-corrected chi connectivity index (χ1v) is 8.80. The van der Waals surface area contributed by atoms with E-state index in [0.717, 1.165) is 6.07 Å². The zero-order chi connectivity index (χ0) is 20.8. The summed E-state index contributed by atoms with van der Waals surface area (Å²) in [6, 6.07) is 8.67. The summed E-state index contributed by atoms with van der Waals surface area (Å²) < 4.78 is 10.4. The van der Waals surface area contributed by atoms with Gasteiger partial charge in [0.15, 0.2) is 6.10 Å². The van der Waals surface area contributed by atoms with Crippen molar-refractivity contribution in [3.8, 4) is 5.75 Å². The highest BCUT2D eigenvalue weighted by Crippen LogP contribution is 2.27. The molecule has 1 atom stereocenters. The third-order valence-electron chi connectivity index (χ3n) is 3.79. The third-order valence-corrected chi connectivity index (χ3v) is 4.02. The monoisotopic (exact) mass is 406 g/mol. The molecule has 1 amide bonds. The Labute approximate surface area is 166 Å². The standard InChI is InChI=1S/C19H19ClN2O6/c1-4-27-19(24)12(3)28-14-7-5-11(2)16(10-14)21-18(23)15-8-6-13(20)9-17(15)22(25)26/h5-10,12H,4H2,1-3H3,(H,21,23)/t12-/m1/s1. The minimum absolute atomic E-state index is 0.125. The number of aryl methyl sites for hydroxylation is 1. The molecular formula is C19H19ClN2O6. The second kappa shape index (κ2) is 9.18. The molecule has 8 nitrogen and oxygen atoms in total. The summed E-state index contributed by atoms with van der Waals surface area (Å²) in [5, 5.41) is 14.0. The van der Waals surface area contributed by atoms with E-state index in [1.807, 2.05) is 0 Å². The number of anilines is 1. The fraction of sp³-hybridized carbons (Fsp3) is 0.263. The number of benzene rings is 2. The third kappa shape index (κ3) is 5.20. The van der Waals surface area contributed by atoms with E-state index in [1.54, 1.807) is 32.9 Å². The molecule has 0 radical (unpaired) electrons. The van der Waals surface area contributed by atoms with E-state index in [0.29, 0.717) is 17.0 Å². The quantitative estimate of drug-likeness (QED) is 0.420. The van der Waals surface area contributed by atoms with Crippen molar-refractivity contribution < 1.29 is 24.0 Å². The van der Waals surface area contributed by atoms with Crippen LogP contribution in [-0.2, 0) is 9.53 Å². The Balaban J connectivity index is 2.24. The molecule has 0 aliphatic heterocycles. The SMILES string of the molecule is CCOC(=O)[C@@H](C)Oc1ccc(C)c(NC(=O)c2ccc(Cl)cc2[N+](=O)[O-])c1. The molecule has 0 unspecified atom stereocenters. The number of nitro benzene ring substituents is 1. The Bertz CT molecular complexity index is 915. The Morgan fingerprint density at radius 3 is 2.61 bits per heavy atom. The zero-order valence-electron chi connectivity index (χ0n) is 15.5. The molecule has 1 N–H and O–H groups in total. The van der Waals surface area contributed by atoms with Gasteiger partial charge in [0.05, 0.1) is 11.5 Å². The molecular weight excluding hydrogens is 388 g/mol. The summed E-state index contributed by atoms with van der Waals surface area (Å²) in [6.07, 6.45) is -0.830. The molecule has 28 heavy (non-hydrogen) atoms. The van der Waals surface area contributed by atoms with Crippen molar-refractivity contribution in [2.75, 3.05) is 11.9 Å². The van der Waals surface area contributed by atoms with Gasteiger partial charge in [-0.1, -0.05) is 17.7 Å². The number of halogens is 1. The number of hydrogen-bond acceptors (Lipinski definition) is 6. The van der Waals surface area contributed by atoms with Gasteiger partial charge in [-0.25, -0.2) is 4.79 Å². The molecule has 148 valence electrons. The first-order chi connectivity index (χ1) is 13.2. The van der Waals surface area contributed by atoms with Gasteiger partial charge in [-0.15, -0.1) is 0 Å². The zero-order valence-corrected chi connectivity index (χ0v) is 16.3. The van der Waals surface area contributed by atoms with Crippen molar-refractivity contribution >= 4 is 34.9 Å². The minimum atomic E-state index is -0.830. The van der Waals surface area contributed by atoms with E-state index >= 15 is 0 Å². The molecule has 2 rings (SSSR count). The van der Waals surface area contributed by atoms with Crippen molar-refractivity contribution in [1.29, 1.82) is 0 Å². The summed E-state index contributed by atoms with van der Waals surface area (Å²) in [5.74, 6) is -0.834. The van der Waals surface area contributed by atoms with Gasteiger partial charge in [0, 0.05) is 22.8 Å². The number of nitro groups is 1. The number of amides is 1. The van der Waals surface area contributed by atoms with Crippen LogP contribution < -0.4 is 10.1 Å². The number of nitrogens with zero attached hydrogens (tertiary/aromatic N) is 1. The van der Waals surface area contributed by atoms with Crippen molar-refractivity contribution in [3.63, 3.8) is 0 Å². The smallest absolute Gasteiger partial charge is 0.347 e. The van der Waals surface area contributed by atoms with E-state index in [1.165, 1.54) is 18.2 Å². The molecule has 0 saturated carbocycles. The summed E-state index contributed by atoms with van der Waals surface area (Å²) in [6.45, 7) is 5.24. The van der Waals surface area contributed by atoms with Crippen molar-refractivity contribution in [3.05, 3.63) is 62.7 Å². The van der Waals surface area contributed by atoms with Crippen LogP contribution in [0.1, 0.15) is 29.8 Å². The highest BCUT2D eigenvalue weighted by molar-refractivity contribution is 6.31. The molecule has 2 aromatic rings. The Kier molecular flexibility index (Phi) is 6.94. The summed E-state index contributed by atoms with van der Waals surface area (Å²) in [7, 11) is 0. The molecule has 0 aliphatic carbocycles. The number of ether oxygens (including phenoxy) is 2. The van der Waals surface area contributed by atoms with Crippen LogP contribution in [0.2, 0.25) is 5.02 Å². The van der Waals surface area contributed by atoms with Gasteiger partial charge < -0.3 is 14.8 Å². The van der Waals surface area contributed by atoms with Gasteiger partial charge in [0.2, 0.25) is 0 Å². The second-order valence-corrected chi connectivity index (χ2v) is 6.30. The fourth-order valence-corrected chi connectivity index (χ4v) is 2.52. The molecule has 0 fully saturated rings. The number of esters is 1. The number of carbonyl (C=O) groups is 2. The Morgan fingerprint density at radius 2 is 1.96 bits per heavy atom. The maximum absolute atomic E-state index is 12.6. The van der Waals surface area contributed by atoms with Crippen molar-refractivity contribution in [1.82, 2.24) is 0 Å². The maximum atomic E-state index is 12.6. The van der Waals surface area contributed by atoms with Crippen LogP contribution in [-0.4, -0.2) is 29.5 Å². The lowest BCUT2D eigenvalue weighted by Gasteiger charge is -2.15. The lowest BCUT2D eigenvalue weighted by atomic mass is 10.1. The largest absolute Gasteiger partial charge is 0.479 e. The van der Waals surface area contributed by atoms with Crippen molar-refractivity contribution in [2.24, 2.45) is 0 Å². The highest BCUT2D eigenvalue weighted by Gasteiger charge is 2.22. The van der Waals surface area contributed by atoms with Crippen LogP contribution in [0.5, 0.6) is 5.75 Å². The number of hydrogen-bond donors (Lipinski definition) is 1. The molecule has 9 heteroatoms. The lowest BCUT2D eigenvalue weighted by Crippen LogP contribution is -2.26. The van der Waals surface area contributed by atoms with Crippen LogP contribution in [0, 0.1) is 17.0 Å². The summed E-state index contributed by atoms with van der Waals surface area (Å²) in [4.78, 5) is 34.8. The molecule has 2 aromatic carbocycles. The van der Waals surface area contributed by atoms with E-state index in [9.17, 15) is 19.7 Å². The normalized spacial score (nSPS) is 11.4. The topological polar surface area (TPSA) is 108 Å². The minimum Gasteiger partial charge on any atom is -0.479 e. The molecule has 0 bridgehead atoms. The van der Waals surface area contributed by atoms with E-state index in [-0.39, 0.29) is 17.2 Å². The Morgan fingerprint density at radius 1 is 1.25 bits per heavy atom. The van der Waals surface area contributed by atoms with Gasteiger partial charge in [-0.3, -0.25) is 14.9 Å². The van der Waals surface area contributed by atoms with Crippen LogP contribution in [0.15, 0.2) is 36.4 Å². The van der Waals surface area contributed by atoms with Gasteiger partial charge in [-0.05, 0) is 44.5 Å². The summed E-state index contributed by atoms with van der Waals surface area (Å²) >= 11 is 5.78. The first kappa shape index (κ1) is 21.2. The van der Waals surface area contributed by atoms with Crippen LogP contribution in [0.4, 0.5) is 11.4 Å². The fourth-order valence-electron chi connectivity index (χ4n) is 2.36. The van der Waals surface area contributed by atoms with Crippen LogP contribution >= 0.6 is 11.6 Å². The molecule has 0 saturated heterocycles. The molecule has 0 aromatic heterocycles. The van der Waals surface area contributed by atoms with Gasteiger partial charge >= 0.3 is 5.97 Å². The molecule has 0 aliphatic rings. The highest BCUT2D eigenvalue weighted by atomic mass is 35.5. The second-order valence-electron chi connectivity index (χ2n) is 5.86. The van der Waals surface area contributed by atoms with Crippen LogP contribution in [0.3, 0.4) is 0 Å². The number of rotatable bonds is 7. The van der Waals surface area contributed by atoms with Crippen LogP contribution in [0.25, 0.3) is 0 Å². The number of carbonyl (C=O) groups excluding carboxylic acids is 2. The summed E-state index contributed by atoms with van der Waals surface area (Å²) in [5.41, 5.74) is 0.579. The van der Waals surface area contributed by atoms with Gasteiger partial charge in [0.1, 0.15) is 11.3 Å². The van der Waals surface area contributed by atoms with Gasteiger partial charge in [0.25, 0.3) is 11.6 Å². The molecule has 0 spiro atoms. The number of nitrogens with one attached hydrogen (secondary N) is 1. The van der Waals surface area contributed by atoms with Crippen molar-refractivity contribution in [2.45, 2.75) is 26.9 Å². The maximum Gasteiger partial charge on any atom is 0.347 e. The molecule has 0 heterocycles. The first-order valence-electron chi connectivity index (χ1n) is 8.42. The Hall–Kier alpha value is -3.13. The predicted molar refractivity (Wildman–Crippen MR) is 104 cm³/mol. The van der Waals surface area contributed by atoms with E-state index < -0.39 is 28.6 Å². The average molecular weight is 407 g/mol. The lowest BCUT2D eigenvalue weighted by molar-refractivity contribution is -0.385. The van der Waals surface area contributed by atoms with Gasteiger partial charge in [-0.2, -0.15) is 0 Å². The van der Waals surface area contributed by atoms with E-state index in [4.69, 9.17) is 21.1 Å². The average Bonchev–Trinajstić information content (AvgIpc) is 2.64. The predicted octanol–water partition coefficient (Wildman–Crippen LogP) is 4.14. The van der Waals surface area contributed by atoms with E-state index in [2.05, 4.69) is 5.32 Å².